The van der Waals surface area contributed by atoms with Crippen molar-refractivity contribution < 1.29 is 4.74 Å². The molecule has 2 heterocycles. The minimum atomic E-state index is 0.198. The average Bonchev–Trinajstić information content (AvgIpc) is 3.13. The molecule has 0 spiro atoms. The van der Waals surface area contributed by atoms with Crippen LogP contribution < -0.4 is 15.4 Å². The van der Waals surface area contributed by atoms with Gasteiger partial charge in [0.25, 0.3) is 0 Å². The van der Waals surface area contributed by atoms with Crippen molar-refractivity contribution in [3.8, 4) is 5.75 Å². The summed E-state index contributed by atoms with van der Waals surface area (Å²) >= 11 is 1.84. The van der Waals surface area contributed by atoms with Crippen LogP contribution in [0.1, 0.15) is 22.7 Å². The van der Waals surface area contributed by atoms with Gasteiger partial charge in [-0.1, -0.05) is 6.92 Å². The Hall–Kier alpha value is -2.01. The first-order chi connectivity index (χ1) is 10.2. The first kappa shape index (κ1) is 13.9. The summed E-state index contributed by atoms with van der Waals surface area (Å²) in [7, 11) is 1.67. The van der Waals surface area contributed by atoms with Gasteiger partial charge in [0.15, 0.2) is 5.96 Å². The topological polar surface area (TPSA) is 50.8 Å². The molecule has 0 amide bonds. The second-order valence-corrected chi connectivity index (χ2v) is 6.14. The molecule has 1 aliphatic heterocycles. The van der Waals surface area contributed by atoms with Gasteiger partial charge in [0, 0.05) is 15.4 Å². The van der Waals surface area contributed by atoms with Gasteiger partial charge in [0.2, 0.25) is 0 Å². The van der Waals surface area contributed by atoms with E-state index in [1.165, 1.54) is 9.75 Å². The monoisotopic (exact) mass is 301 g/mol. The number of rotatable bonds is 4. The summed E-state index contributed by atoms with van der Waals surface area (Å²) in [5, 5.41) is 0. The van der Waals surface area contributed by atoms with Crippen molar-refractivity contribution in [1.29, 1.82) is 0 Å². The van der Waals surface area contributed by atoms with E-state index in [1.807, 2.05) is 35.6 Å². The summed E-state index contributed by atoms with van der Waals surface area (Å²) in [5.41, 5.74) is 7.15. The molecular formula is C16H19N3OS. The number of thiophene rings is 1. The normalized spacial score (nSPS) is 17.9. The highest BCUT2D eigenvalue weighted by molar-refractivity contribution is 7.12. The van der Waals surface area contributed by atoms with Crippen LogP contribution in [0.2, 0.25) is 0 Å². The molecule has 0 saturated carbocycles. The molecule has 110 valence electrons. The maximum absolute atomic E-state index is 6.10. The highest BCUT2D eigenvalue weighted by atomic mass is 32.1. The predicted octanol–water partition coefficient (Wildman–Crippen LogP) is 3.20. The van der Waals surface area contributed by atoms with E-state index in [2.05, 4.69) is 28.9 Å². The third-order valence-corrected chi connectivity index (χ3v) is 5.03. The van der Waals surface area contributed by atoms with Crippen molar-refractivity contribution in [3.05, 3.63) is 46.2 Å². The van der Waals surface area contributed by atoms with Gasteiger partial charge in [-0.05, 0) is 42.8 Å². The highest BCUT2D eigenvalue weighted by Gasteiger charge is 2.29. The number of nitrogens with two attached hydrogens (primary N) is 1. The number of methoxy groups -OCH3 is 1. The first-order valence-corrected chi connectivity index (χ1v) is 7.86. The maximum Gasteiger partial charge on any atom is 0.196 e. The maximum atomic E-state index is 6.10. The summed E-state index contributed by atoms with van der Waals surface area (Å²) in [6, 6.07) is 12.5. The van der Waals surface area contributed by atoms with Crippen LogP contribution in [-0.2, 0) is 6.42 Å². The molecule has 2 N–H and O–H groups in total. The lowest BCUT2D eigenvalue weighted by Gasteiger charge is -2.25. The van der Waals surface area contributed by atoms with Crippen molar-refractivity contribution in [2.75, 3.05) is 18.6 Å². The number of aliphatic imine (C=N–C) groups is 1. The summed E-state index contributed by atoms with van der Waals surface area (Å²) in [5.74, 6) is 1.42. The van der Waals surface area contributed by atoms with Crippen LogP contribution in [0.3, 0.4) is 0 Å². The van der Waals surface area contributed by atoms with Crippen molar-refractivity contribution in [2.24, 2.45) is 10.7 Å². The fraction of sp³-hybridized carbons (Fsp3) is 0.312. The number of hydrogen-bond acceptors (Lipinski definition) is 5. The summed E-state index contributed by atoms with van der Waals surface area (Å²) in [4.78, 5) is 9.23. The molecular weight excluding hydrogens is 282 g/mol. The Morgan fingerprint density at radius 3 is 2.67 bits per heavy atom. The summed E-state index contributed by atoms with van der Waals surface area (Å²) in [6.45, 7) is 2.89. The Labute approximate surface area is 128 Å². The van der Waals surface area contributed by atoms with Gasteiger partial charge in [0.1, 0.15) is 5.75 Å². The molecule has 0 radical (unpaired) electrons. The molecule has 1 aromatic carbocycles. The molecule has 21 heavy (non-hydrogen) atoms. The molecule has 0 aliphatic carbocycles. The van der Waals surface area contributed by atoms with Gasteiger partial charge >= 0.3 is 0 Å². The third kappa shape index (κ3) is 2.61. The Morgan fingerprint density at radius 2 is 2.05 bits per heavy atom. The van der Waals surface area contributed by atoms with Gasteiger partial charge in [0.05, 0.1) is 19.7 Å². The fourth-order valence-corrected chi connectivity index (χ4v) is 3.57. The number of guanidine groups is 1. The van der Waals surface area contributed by atoms with E-state index in [9.17, 15) is 0 Å². The number of nitrogens with zero attached hydrogens (tertiary/aromatic N) is 2. The van der Waals surface area contributed by atoms with E-state index in [0.29, 0.717) is 12.5 Å². The molecule has 2 aromatic rings. The molecule has 5 heteroatoms. The smallest absolute Gasteiger partial charge is 0.196 e. The van der Waals surface area contributed by atoms with Crippen LogP contribution >= 0.6 is 11.3 Å². The Balaban J connectivity index is 1.91. The molecule has 1 aliphatic rings. The van der Waals surface area contributed by atoms with E-state index in [4.69, 9.17) is 10.5 Å². The molecule has 0 fully saturated rings. The molecule has 0 saturated heterocycles. The summed E-state index contributed by atoms with van der Waals surface area (Å²) in [6.07, 6.45) is 1.07. The van der Waals surface area contributed by atoms with Crippen molar-refractivity contribution in [2.45, 2.75) is 19.4 Å². The molecule has 1 unspecified atom stereocenters. The number of hydrogen-bond donors (Lipinski definition) is 1. The van der Waals surface area contributed by atoms with E-state index >= 15 is 0 Å². The van der Waals surface area contributed by atoms with Crippen molar-refractivity contribution >= 4 is 23.0 Å². The minimum Gasteiger partial charge on any atom is -0.497 e. The largest absolute Gasteiger partial charge is 0.497 e. The first-order valence-electron chi connectivity index (χ1n) is 7.04. The molecule has 1 aromatic heterocycles. The molecule has 3 rings (SSSR count). The third-order valence-electron chi connectivity index (χ3n) is 3.69. The zero-order valence-corrected chi connectivity index (χ0v) is 13.1. The minimum absolute atomic E-state index is 0.198. The standard InChI is InChI=1S/C16H19N3OS/c1-3-13-8-9-15(21-13)14-10-18-16(17)19(14)11-4-6-12(20-2)7-5-11/h4-9,14H,3,10H2,1-2H3,(H2,17,18). The zero-order chi connectivity index (χ0) is 14.8. The van der Waals surface area contributed by atoms with Crippen molar-refractivity contribution in [3.63, 3.8) is 0 Å². The SMILES string of the molecule is CCc1ccc(C2CN=C(N)N2c2ccc(OC)cc2)s1. The van der Waals surface area contributed by atoms with Crippen LogP contribution in [0, 0.1) is 0 Å². The second-order valence-electron chi connectivity index (χ2n) is 4.94. The van der Waals surface area contributed by atoms with E-state index in [1.54, 1.807) is 7.11 Å². The van der Waals surface area contributed by atoms with E-state index in [-0.39, 0.29) is 6.04 Å². The number of anilines is 1. The fourth-order valence-electron chi connectivity index (χ4n) is 2.53. The Bertz CT molecular complexity index is 648. The van der Waals surface area contributed by atoms with Crippen LogP contribution in [0.4, 0.5) is 5.69 Å². The zero-order valence-electron chi connectivity index (χ0n) is 12.2. The number of benzene rings is 1. The average molecular weight is 301 g/mol. The van der Waals surface area contributed by atoms with Crippen LogP contribution in [0.5, 0.6) is 5.75 Å². The second kappa shape index (κ2) is 5.77. The Morgan fingerprint density at radius 1 is 1.29 bits per heavy atom. The lowest BCUT2D eigenvalue weighted by Crippen LogP contribution is -2.35. The highest BCUT2D eigenvalue weighted by Crippen LogP contribution is 2.35. The van der Waals surface area contributed by atoms with Crippen molar-refractivity contribution in [1.82, 2.24) is 0 Å². The predicted molar refractivity (Wildman–Crippen MR) is 88.4 cm³/mol. The van der Waals surface area contributed by atoms with E-state index < -0.39 is 0 Å². The van der Waals surface area contributed by atoms with Crippen LogP contribution in [0.25, 0.3) is 0 Å². The number of aryl methyl sites for hydroxylation is 1. The molecule has 0 bridgehead atoms. The molecule has 1 atom stereocenters. The quantitative estimate of drug-likeness (QED) is 0.943. The van der Waals surface area contributed by atoms with Crippen LogP contribution in [-0.4, -0.2) is 19.6 Å². The number of ether oxygens (including phenoxy) is 1. The van der Waals surface area contributed by atoms with Gasteiger partial charge in [-0.25, -0.2) is 0 Å². The lowest BCUT2D eigenvalue weighted by molar-refractivity contribution is 0.415. The van der Waals surface area contributed by atoms with E-state index in [0.717, 1.165) is 17.9 Å². The molecule has 4 nitrogen and oxygen atoms in total. The lowest BCUT2D eigenvalue weighted by atomic mass is 10.2. The van der Waals surface area contributed by atoms with Gasteiger partial charge in [-0.3, -0.25) is 4.99 Å². The Kier molecular flexibility index (Phi) is 3.84. The van der Waals surface area contributed by atoms with Crippen LogP contribution in [0.15, 0.2) is 41.4 Å². The van der Waals surface area contributed by atoms with Gasteiger partial charge < -0.3 is 15.4 Å². The van der Waals surface area contributed by atoms with Gasteiger partial charge in [-0.2, -0.15) is 0 Å². The summed E-state index contributed by atoms with van der Waals surface area (Å²) < 4.78 is 5.21. The van der Waals surface area contributed by atoms with Gasteiger partial charge in [-0.15, -0.1) is 11.3 Å².